The van der Waals surface area contributed by atoms with E-state index >= 15 is 0 Å². The van der Waals surface area contributed by atoms with Crippen LogP contribution in [0.3, 0.4) is 0 Å². The van der Waals surface area contributed by atoms with E-state index in [0.717, 1.165) is 36.5 Å². The molecule has 0 radical (unpaired) electrons. The summed E-state index contributed by atoms with van der Waals surface area (Å²) in [5.41, 5.74) is 1.11. The highest BCUT2D eigenvalue weighted by molar-refractivity contribution is 5.15. The van der Waals surface area contributed by atoms with Crippen molar-refractivity contribution in [3.63, 3.8) is 0 Å². The van der Waals surface area contributed by atoms with Crippen LogP contribution < -0.4 is 0 Å². The molecule has 0 heterocycles. The normalized spacial score (nSPS) is 57.9. The van der Waals surface area contributed by atoms with Crippen LogP contribution in [-0.2, 0) is 0 Å². The molecule has 0 aromatic heterocycles. The second-order valence-electron chi connectivity index (χ2n) is 8.83. The molecule has 3 fully saturated rings. The van der Waals surface area contributed by atoms with Gasteiger partial charge in [0.05, 0.1) is 6.10 Å². The molecule has 4 aliphatic rings. The van der Waals surface area contributed by atoms with Crippen LogP contribution in [0.4, 0.5) is 0 Å². The lowest BCUT2D eigenvalue weighted by Crippen LogP contribution is -2.53. The van der Waals surface area contributed by atoms with Gasteiger partial charge in [-0.3, -0.25) is 0 Å². The molecule has 0 aliphatic heterocycles. The third-order valence-corrected chi connectivity index (χ3v) is 7.94. The Morgan fingerprint density at radius 3 is 2.75 bits per heavy atom. The lowest BCUT2D eigenvalue weighted by Gasteiger charge is -2.60. The first-order valence-electron chi connectivity index (χ1n) is 8.88. The zero-order valence-corrected chi connectivity index (χ0v) is 13.1. The number of hydrogen-bond acceptors (Lipinski definition) is 1. The predicted molar refractivity (Wildman–Crippen MR) is 82.3 cm³/mol. The van der Waals surface area contributed by atoms with E-state index in [1.807, 2.05) is 0 Å². The van der Waals surface area contributed by atoms with Gasteiger partial charge < -0.3 is 5.11 Å². The lowest BCUT2D eigenvalue weighted by atomic mass is 9.45. The maximum absolute atomic E-state index is 10.0. The number of aliphatic hydroxyl groups is 1. The summed E-state index contributed by atoms with van der Waals surface area (Å²) in [6.45, 7) is 5.11. The fourth-order valence-electron chi connectivity index (χ4n) is 6.66. The van der Waals surface area contributed by atoms with Gasteiger partial charge in [0.2, 0.25) is 0 Å². The van der Waals surface area contributed by atoms with Crippen LogP contribution in [0, 0.1) is 34.5 Å². The Labute approximate surface area is 123 Å². The molecule has 1 nitrogen and oxygen atoms in total. The molecule has 1 N–H and O–H groups in total. The molecule has 112 valence electrons. The van der Waals surface area contributed by atoms with Gasteiger partial charge in [0.15, 0.2) is 0 Å². The Morgan fingerprint density at radius 2 is 1.90 bits per heavy atom. The highest BCUT2D eigenvalue weighted by atomic mass is 16.3. The van der Waals surface area contributed by atoms with Gasteiger partial charge in [0.1, 0.15) is 0 Å². The summed E-state index contributed by atoms with van der Waals surface area (Å²) >= 11 is 0. The van der Waals surface area contributed by atoms with Crippen molar-refractivity contribution in [2.45, 2.75) is 71.3 Å². The van der Waals surface area contributed by atoms with Gasteiger partial charge in [-0.1, -0.05) is 26.0 Å². The maximum Gasteiger partial charge on any atom is 0.0543 e. The minimum absolute atomic E-state index is 0.00939. The third-order valence-electron chi connectivity index (χ3n) is 7.94. The number of allylic oxidation sites excluding steroid dienone is 2. The molecule has 4 aliphatic carbocycles. The molecular formula is C19H30O. The Bertz CT molecular complexity index is 427. The Morgan fingerprint density at radius 1 is 1.05 bits per heavy atom. The minimum Gasteiger partial charge on any atom is -0.393 e. The number of rotatable bonds is 0. The third kappa shape index (κ3) is 1.71. The first-order chi connectivity index (χ1) is 9.53. The van der Waals surface area contributed by atoms with Crippen LogP contribution in [0.5, 0.6) is 0 Å². The molecule has 0 aromatic carbocycles. The van der Waals surface area contributed by atoms with Crippen LogP contribution in [-0.4, -0.2) is 11.2 Å². The molecular weight excluding hydrogens is 244 g/mol. The molecule has 0 aromatic rings. The van der Waals surface area contributed by atoms with Crippen LogP contribution in [0.1, 0.15) is 65.2 Å². The maximum atomic E-state index is 10.0. The van der Waals surface area contributed by atoms with Crippen molar-refractivity contribution in [3.8, 4) is 0 Å². The van der Waals surface area contributed by atoms with Crippen molar-refractivity contribution in [2.24, 2.45) is 34.5 Å². The van der Waals surface area contributed by atoms with Gasteiger partial charge in [-0.15, -0.1) is 0 Å². The number of fused-ring (bicyclic) bond motifs is 5. The Balaban J connectivity index is 1.64. The highest BCUT2D eigenvalue weighted by Gasteiger charge is 2.56. The molecule has 4 rings (SSSR count). The Hall–Kier alpha value is -0.300. The van der Waals surface area contributed by atoms with E-state index in [0.29, 0.717) is 10.8 Å². The van der Waals surface area contributed by atoms with E-state index in [-0.39, 0.29) is 6.10 Å². The molecule has 20 heavy (non-hydrogen) atoms. The summed E-state index contributed by atoms with van der Waals surface area (Å²) in [5.74, 6) is 3.51. The van der Waals surface area contributed by atoms with Crippen LogP contribution in [0.15, 0.2) is 12.2 Å². The SMILES string of the molecule is C[C@@]12CC=CC1C1CCC3C[C@@H](O)CC[C@]3(C)C1CC2. The first-order valence-corrected chi connectivity index (χ1v) is 8.88. The quantitative estimate of drug-likeness (QED) is 0.642. The summed E-state index contributed by atoms with van der Waals surface area (Å²) in [6, 6.07) is 0. The standard InChI is InChI=1S/C19H30O/c1-18-9-3-4-16(18)15-6-5-13-12-14(20)7-11-19(13,2)17(15)8-10-18/h3-4,13-17,20H,5-12H2,1-2H3/t13?,14-,15?,16?,17?,18-,19-/m0/s1. The number of hydrogen-bond donors (Lipinski definition) is 1. The smallest absolute Gasteiger partial charge is 0.0543 e. The minimum atomic E-state index is -0.00939. The van der Waals surface area contributed by atoms with Crippen LogP contribution in [0.2, 0.25) is 0 Å². The van der Waals surface area contributed by atoms with Gasteiger partial charge in [-0.25, -0.2) is 0 Å². The summed E-state index contributed by atoms with van der Waals surface area (Å²) in [6.07, 6.45) is 15.4. The van der Waals surface area contributed by atoms with Crippen molar-refractivity contribution in [3.05, 3.63) is 12.2 Å². The van der Waals surface area contributed by atoms with E-state index < -0.39 is 0 Å². The molecule has 0 bridgehead atoms. The van der Waals surface area contributed by atoms with E-state index in [2.05, 4.69) is 26.0 Å². The largest absolute Gasteiger partial charge is 0.393 e. The van der Waals surface area contributed by atoms with Gasteiger partial charge in [-0.05, 0) is 85.9 Å². The second kappa shape index (κ2) is 4.35. The monoisotopic (exact) mass is 274 g/mol. The second-order valence-corrected chi connectivity index (χ2v) is 8.83. The van der Waals surface area contributed by atoms with Crippen molar-refractivity contribution in [1.29, 1.82) is 0 Å². The average Bonchev–Trinajstić information content (AvgIpc) is 2.81. The van der Waals surface area contributed by atoms with Gasteiger partial charge in [0, 0.05) is 0 Å². The average molecular weight is 274 g/mol. The highest BCUT2D eigenvalue weighted by Crippen LogP contribution is 2.64. The predicted octanol–water partition coefficient (Wildman–Crippen LogP) is 4.56. The molecule has 0 amide bonds. The fraction of sp³-hybridized carbons (Fsp3) is 0.895. The fourth-order valence-corrected chi connectivity index (χ4v) is 6.66. The van der Waals surface area contributed by atoms with E-state index in [9.17, 15) is 5.11 Å². The summed E-state index contributed by atoms with van der Waals surface area (Å²) in [5, 5.41) is 10.0. The van der Waals surface area contributed by atoms with E-state index in [1.54, 1.807) is 0 Å². The zero-order chi connectivity index (χ0) is 14.0. The number of aliphatic hydroxyl groups excluding tert-OH is 1. The van der Waals surface area contributed by atoms with Crippen molar-refractivity contribution < 1.29 is 5.11 Å². The molecule has 4 unspecified atom stereocenters. The summed E-state index contributed by atoms with van der Waals surface area (Å²) in [4.78, 5) is 0. The molecule has 1 heteroatoms. The lowest BCUT2D eigenvalue weighted by molar-refractivity contribution is -0.115. The van der Waals surface area contributed by atoms with Gasteiger partial charge >= 0.3 is 0 Å². The van der Waals surface area contributed by atoms with Gasteiger partial charge in [0.25, 0.3) is 0 Å². The molecule has 0 saturated heterocycles. The van der Waals surface area contributed by atoms with Crippen molar-refractivity contribution >= 4 is 0 Å². The molecule has 7 atom stereocenters. The molecule has 3 saturated carbocycles. The van der Waals surface area contributed by atoms with E-state index in [4.69, 9.17) is 0 Å². The van der Waals surface area contributed by atoms with Crippen molar-refractivity contribution in [1.82, 2.24) is 0 Å². The zero-order valence-electron chi connectivity index (χ0n) is 13.1. The van der Waals surface area contributed by atoms with Gasteiger partial charge in [-0.2, -0.15) is 0 Å². The van der Waals surface area contributed by atoms with Crippen LogP contribution >= 0.6 is 0 Å². The molecule has 0 spiro atoms. The topological polar surface area (TPSA) is 20.2 Å². The van der Waals surface area contributed by atoms with Crippen LogP contribution in [0.25, 0.3) is 0 Å². The first kappa shape index (κ1) is 13.4. The van der Waals surface area contributed by atoms with Crippen molar-refractivity contribution in [2.75, 3.05) is 0 Å². The van der Waals surface area contributed by atoms with E-state index in [1.165, 1.54) is 38.5 Å². The summed E-state index contributed by atoms with van der Waals surface area (Å²) in [7, 11) is 0. The summed E-state index contributed by atoms with van der Waals surface area (Å²) < 4.78 is 0. The Kier molecular flexibility index (Phi) is 2.91.